The molecule has 2 aromatic rings. The van der Waals surface area contributed by atoms with Crippen molar-refractivity contribution in [3.05, 3.63) is 5.69 Å². The van der Waals surface area contributed by atoms with E-state index in [2.05, 4.69) is 20.2 Å². The van der Waals surface area contributed by atoms with E-state index in [1.807, 2.05) is 13.2 Å². The highest BCUT2D eigenvalue weighted by Gasteiger charge is 2.12. The van der Waals surface area contributed by atoms with Crippen molar-refractivity contribution in [2.24, 2.45) is 0 Å². The van der Waals surface area contributed by atoms with Crippen LogP contribution in [0.25, 0.3) is 11.0 Å². The Balaban J connectivity index is 2.76. The van der Waals surface area contributed by atoms with Crippen LogP contribution in [-0.4, -0.2) is 33.5 Å². The molecule has 0 fully saturated rings. The number of nitrogens with one attached hydrogen (secondary N) is 1. The zero-order valence-electron chi connectivity index (χ0n) is 8.16. The molecule has 0 atom stereocenters. The van der Waals surface area contributed by atoms with Crippen molar-refractivity contribution in [1.82, 2.24) is 20.2 Å². The Morgan fingerprint density at radius 3 is 2.79 bits per heavy atom. The van der Waals surface area contributed by atoms with Crippen molar-refractivity contribution in [2.45, 2.75) is 12.1 Å². The summed E-state index contributed by atoms with van der Waals surface area (Å²) in [5, 5.41) is 8.45. The molecule has 0 amide bonds. The van der Waals surface area contributed by atoms with E-state index in [4.69, 9.17) is 4.74 Å². The maximum Gasteiger partial charge on any atom is 0.228 e. The van der Waals surface area contributed by atoms with Gasteiger partial charge >= 0.3 is 0 Å². The molecule has 0 radical (unpaired) electrons. The maximum absolute atomic E-state index is 5.18. The molecule has 2 aromatic heterocycles. The SMILES string of the molecule is COc1nc(SC)nc2n[nH]c(C)c12. The maximum atomic E-state index is 5.18. The number of aromatic amines is 1. The number of methoxy groups -OCH3 is 1. The molecular weight excluding hydrogens is 200 g/mol. The smallest absolute Gasteiger partial charge is 0.228 e. The lowest BCUT2D eigenvalue weighted by atomic mass is 10.3. The molecule has 0 aromatic carbocycles. The monoisotopic (exact) mass is 210 g/mol. The fourth-order valence-electron chi connectivity index (χ4n) is 1.25. The Morgan fingerprint density at radius 1 is 1.36 bits per heavy atom. The van der Waals surface area contributed by atoms with E-state index in [9.17, 15) is 0 Å². The Bertz CT molecular complexity index is 468. The fourth-order valence-corrected chi connectivity index (χ4v) is 1.60. The molecule has 2 rings (SSSR count). The fraction of sp³-hybridized carbons (Fsp3) is 0.375. The minimum absolute atomic E-state index is 0.575. The Hall–Kier alpha value is -1.30. The van der Waals surface area contributed by atoms with Gasteiger partial charge < -0.3 is 4.74 Å². The van der Waals surface area contributed by atoms with E-state index in [0.29, 0.717) is 16.7 Å². The van der Waals surface area contributed by atoms with Gasteiger partial charge in [-0.05, 0) is 13.2 Å². The van der Waals surface area contributed by atoms with Gasteiger partial charge in [0.15, 0.2) is 10.8 Å². The molecule has 0 aliphatic rings. The number of aryl methyl sites for hydroxylation is 1. The van der Waals surface area contributed by atoms with E-state index in [1.165, 1.54) is 11.8 Å². The summed E-state index contributed by atoms with van der Waals surface area (Å²) in [5.74, 6) is 0.575. The van der Waals surface area contributed by atoms with Gasteiger partial charge in [-0.2, -0.15) is 10.1 Å². The first-order valence-electron chi connectivity index (χ1n) is 4.07. The third-order valence-corrected chi connectivity index (χ3v) is 2.46. The van der Waals surface area contributed by atoms with Crippen molar-refractivity contribution < 1.29 is 4.74 Å². The number of rotatable bonds is 2. The number of aromatic nitrogens is 4. The minimum atomic E-state index is 0.575. The summed E-state index contributed by atoms with van der Waals surface area (Å²) in [6.45, 7) is 1.92. The molecule has 1 N–H and O–H groups in total. The van der Waals surface area contributed by atoms with Gasteiger partial charge in [-0.25, -0.2) is 4.98 Å². The molecule has 74 valence electrons. The molecule has 0 aliphatic heterocycles. The zero-order valence-corrected chi connectivity index (χ0v) is 8.97. The summed E-state index contributed by atoms with van der Waals surface area (Å²) in [7, 11) is 1.60. The Kier molecular flexibility index (Phi) is 2.28. The van der Waals surface area contributed by atoms with Crippen LogP contribution in [0.2, 0.25) is 0 Å². The lowest BCUT2D eigenvalue weighted by Crippen LogP contribution is -1.93. The van der Waals surface area contributed by atoms with Crippen molar-refractivity contribution in [3.63, 3.8) is 0 Å². The van der Waals surface area contributed by atoms with Gasteiger partial charge in [0.05, 0.1) is 7.11 Å². The van der Waals surface area contributed by atoms with Crippen LogP contribution < -0.4 is 4.74 Å². The lowest BCUT2D eigenvalue weighted by Gasteiger charge is -2.01. The van der Waals surface area contributed by atoms with Crippen molar-refractivity contribution >= 4 is 22.8 Å². The van der Waals surface area contributed by atoms with Gasteiger partial charge in [0.1, 0.15) is 5.39 Å². The number of hydrogen-bond acceptors (Lipinski definition) is 5. The molecule has 2 heterocycles. The average molecular weight is 210 g/mol. The van der Waals surface area contributed by atoms with Crippen molar-refractivity contribution in [1.29, 1.82) is 0 Å². The van der Waals surface area contributed by atoms with Crippen LogP contribution in [0.5, 0.6) is 5.88 Å². The lowest BCUT2D eigenvalue weighted by molar-refractivity contribution is 0.398. The predicted octanol–water partition coefficient (Wildman–Crippen LogP) is 1.39. The van der Waals surface area contributed by atoms with Crippen LogP contribution in [0.1, 0.15) is 5.69 Å². The van der Waals surface area contributed by atoms with Crippen LogP contribution in [0.15, 0.2) is 5.16 Å². The quantitative estimate of drug-likeness (QED) is 0.599. The molecule has 0 bridgehead atoms. The van der Waals surface area contributed by atoms with E-state index in [-0.39, 0.29) is 0 Å². The second kappa shape index (κ2) is 3.45. The summed E-state index contributed by atoms with van der Waals surface area (Å²) in [5.41, 5.74) is 1.57. The van der Waals surface area contributed by atoms with Gasteiger partial charge in [-0.15, -0.1) is 0 Å². The highest BCUT2D eigenvalue weighted by atomic mass is 32.2. The van der Waals surface area contributed by atoms with Crippen LogP contribution in [-0.2, 0) is 0 Å². The van der Waals surface area contributed by atoms with Crippen LogP contribution >= 0.6 is 11.8 Å². The third kappa shape index (κ3) is 1.31. The zero-order chi connectivity index (χ0) is 10.1. The molecule has 0 unspecified atom stereocenters. The van der Waals surface area contributed by atoms with Gasteiger partial charge in [0, 0.05) is 5.69 Å². The first-order chi connectivity index (χ1) is 6.76. The summed E-state index contributed by atoms with van der Waals surface area (Å²) in [6, 6.07) is 0. The van der Waals surface area contributed by atoms with Crippen LogP contribution in [0, 0.1) is 6.92 Å². The molecular formula is C8H10N4OS. The highest BCUT2D eigenvalue weighted by molar-refractivity contribution is 7.98. The third-order valence-electron chi connectivity index (χ3n) is 1.92. The van der Waals surface area contributed by atoms with E-state index in [1.54, 1.807) is 7.11 Å². The molecule has 0 saturated heterocycles. The summed E-state index contributed by atoms with van der Waals surface area (Å²) < 4.78 is 5.18. The minimum Gasteiger partial charge on any atom is -0.480 e. The number of H-pyrrole nitrogens is 1. The van der Waals surface area contributed by atoms with Gasteiger partial charge in [-0.1, -0.05) is 11.8 Å². The van der Waals surface area contributed by atoms with Crippen LogP contribution in [0.3, 0.4) is 0 Å². The van der Waals surface area contributed by atoms with E-state index in [0.717, 1.165) is 11.1 Å². The number of thioether (sulfide) groups is 1. The normalized spacial score (nSPS) is 10.8. The average Bonchev–Trinajstić information content (AvgIpc) is 2.59. The summed E-state index contributed by atoms with van der Waals surface area (Å²) in [4.78, 5) is 8.49. The molecule has 5 nitrogen and oxygen atoms in total. The number of nitrogens with zero attached hydrogens (tertiary/aromatic N) is 3. The predicted molar refractivity (Wildman–Crippen MR) is 54.8 cm³/mol. The van der Waals surface area contributed by atoms with E-state index >= 15 is 0 Å². The first kappa shape index (κ1) is 9.26. The molecule has 6 heteroatoms. The molecule has 0 aliphatic carbocycles. The van der Waals surface area contributed by atoms with Crippen molar-refractivity contribution in [3.8, 4) is 5.88 Å². The van der Waals surface area contributed by atoms with Gasteiger partial charge in [0.2, 0.25) is 5.88 Å². The standard InChI is InChI=1S/C8H10N4OS/c1-4-5-6(12-11-4)9-8(14-3)10-7(5)13-2/h1-3H3,(H,9,10,11,12). The topological polar surface area (TPSA) is 63.7 Å². The van der Waals surface area contributed by atoms with E-state index < -0.39 is 0 Å². The molecule has 0 spiro atoms. The number of fused-ring (bicyclic) bond motifs is 1. The second-order valence-electron chi connectivity index (χ2n) is 2.77. The molecule has 0 saturated carbocycles. The number of ether oxygens (including phenoxy) is 1. The number of hydrogen-bond donors (Lipinski definition) is 1. The largest absolute Gasteiger partial charge is 0.480 e. The first-order valence-corrected chi connectivity index (χ1v) is 5.29. The molecule has 14 heavy (non-hydrogen) atoms. The van der Waals surface area contributed by atoms with Gasteiger partial charge in [0.25, 0.3) is 0 Å². The van der Waals surface area contributed by atoms with Gasteiger partial charge in [-0.3, -0.25) is 5.10 Å². The summed E-state index contributed by atoms with van der Waals surface area (Å²) in [6.07, 6.45) is 1.92. The van der Waals surface area contributed by atoms with Crippen molar-refractivity contribution in [2.75, 3.05) is 13.4 Å². The Morgan fingerprint density at radius 2 is 2.14 bits per heavy atom. The van der Waals surface area contributed by atoms with Crippen LogP contribution in [0.4, 0.5) is 0 Å². The highest BCUT2D eigenvalue weighted by Crippen LogP contribution is 2.25. The summed E-state index contributed by atoms with van der Waals surface area (Å²) >= 11 is 1.47. The second-order valence-corrected chi connectivity index (χ2v) is 3.54. The Labute approximate surface area is 85.3 Å².